The Kier molecular flexibility index (Phi) is 2.56. The van der Waals surface area contributed by atoms with Gasteiger partial charge in [-0.1, -0.05) is 6.07 Å². The molecule has 2 aromatic rings. The molecule has 14 heavy (non-hydrogen) atoms. The van der Waals surface area contributed by atoms with E-state index in [1.165, 1.54) is 11.3 Å². The molecule has 2 aromatic heterocycles. The van der Waals surface area contributed by atoms with Crippen LogP contribution in [0.4, 0.5) is 0 Å². The quantitative estimate of drug-likeness (QED) is 0.816. The highest BCUT2D eigenvalue weighted by molar-refractivity contribution is 7.09. The van der Waals surface area contributed by atoms with E-state index in [9.17, 15) is 5.11 Å². The molecule has 1 N–H and O–H groups in total. The van der Waals surface area contributed by atoms with E-state index in [0.29, 0.717) is 0 Å². The molecule has 2 rings (SSSR count). The fourth-order valence-corrected chi connectivity index (χ4v) is 1.88. The molecule has 0 aliphatic rings. The van der Waals surface area contributed by atoms with Gasteiger partial charge in [-0.2, -0.15) is 0 Å². The van der Waals surface area contributed by atoms with E-state index in [-0.39, 0.29) is 0 Å². The predicted molar refractivity (Wildman–Crippen MR) is 55.1 cm³/mol. The maximum absolute atomic E-state index is 9.94. The number of hydrogen-bond donors (Lipinski definition) is 1. The van der Waals surface area contributed by atoms with E-state index in [0.717, 1.165) is 16.0 Å². The fourth-order valence-electron chi connectivity index (χ4n) is 1.25. The Hall–Kier alpha value is -1.26. The largest absolute Gasteiger partial charge is 0.383 e. The molecule has 3 nitrogen and oxygen atoms in total. The zero-order chi connectivity index (χ0) is 9.97. The summed E-state index contributed by atoms with van der Waals surface area (Å²) in [5.74, 6) is 0. The fraction of sp³-hybridized carbons (Fsp3) is 0.200. The maximum Gasteiger partial charge on any atom is 0.116 e. The first-order valence-electron chi connectivity index (χ1n) is 4.25. The monoisotopic (exact) mass is 206 g/mol. The summed E-state index contributed by atoms with van der Waals surface area (Å²) in [4.78, 5) is 8.81. The molecule has 0 aromatic carbocycles. The minimum atomic E-state index is -0.602. The van der Waals surface area contributed by atoms with E-state index < -0.39 is 6.10 Å². The highest BCUT2D eigenvalue weighted by Crippen LogP contribution is 2.24. The molecule has 4 heteroatoms. The summed E-state index contributed by atoms with van der Waals surface area (Å²) in [5, 5.41) is 9.94. The van der Waals surface area contributed by atoms with Gasteiger partial charge in [-0.25, -0.2) is 0 Å². The number of rotatable bonds is 2. The van der Waals surface area contributed by atoms with Gasteiger partial charge in [-0.15, -0.1) is 11.3 Å². The lowest BCUT2D eigenvalue weighted by atomic mass is 10.1. The minimum Gasteiger partial charge on any atom is -0.383 e. The highest BCUT2D eigenvalue weighted by atomic mass is 32.1. The van der Waals surface area contributed by atoms with Gasteiger partial charge in [0.15, 0.2) is 0 Å². The standard InChI is InChI=1S/C10H10N2OS/c1-7-2-8(4-11-3-7)10(13)9-5-12-6-14-9/h2-6,10,13H,1H3. The number of aliphatic hydroxyl groups is 1. The van der Waals surface area contributed by atoms with Crippen LogP contribution in [0, 0.1) is 6.92 Å². The molecule has 1 atom stereocenters. The van der Waals surface area contributed by atoms with Crippen molar-refractivity contribution in [3.05, 3.63) is 46.2 Å². The number of pyridine rings is 1. The molecule has 2 heterocycles. The molecule has 0 spiro atoms. The summed E-state index contributed by atoms with van der Waals surface area (Å²) in [5.41, 5.74) is 3.57. The van der Waals surface area contributed by atoms with Crippen molar-refractivity contribution < 1.29 is 5.11 Å². The zero-order valence-corrected chi connectivity index (χ0v) is 8.53. The van der Waals surface area contributed by atoms with Gasteiger partial charge in [0.05, 0.1) is 10.4 Å². The molecule has 0 bridgehead atoms. The first-order valence-corrected chi connectivity index (χ1v) is 5.13. The van der Waals surface area contributed by atoms with E-state index in [1.54, 1.807) is 24.1 Å². The van der Waals surface area contributed by atoms with Crippen molar-refractivity contribution in [1.29, 1.82) is 0 Å². The number of thiazole rings is 1. The molecule has 1 unspecified atom stereocenters. The lowest BCUT2D eigenvalue weighted by Gasteiger charge is -2.07. The molecule has 0 saturated carbocycles. The lowest BCUT2D eigenvalue weighted by Crippen LogP contribution is -1.98. The van der Waals surface area contributed by atoms with Crippen LogP contribution in [0.25, 0.3) is 0 Å². The summed E-state index contributed by atoms with van der Waals surface area (Å²) in [6, 6.07) is 1.93. The average molecular weight is 206 g/mol. The molecule has 0 saturated heterocycles. The van der Waals surface area contributed by atoms with Crippen molar-refractivity contribution in [2.24, 2.45) is 0 Å². The summed E-state index contributed by atoms with van der Waals surface area (Å²) in [6.07, 6.45) is 4.52. The Morgan fingerprint density at radius 1 is 1.29 bits per heavy atom. The van der Waals surface area contributed by atoms with Crippen LogP contribution in [0.5, 0.6) is 0 Å². The van der Waals surface area contributed by atoms with Gasteiger partial charge in [0.2, 0.25) is 0 Å². The normalized spacial score (nSPS) is 12.7. The average Bonchev–Trinajstić information content (AvgIpc) is 2.69. The molecule has 0 fully saturated rings. The van der Waals surface area contributed by atoms with Crippen LogP contribution in [0.3, 0.4) is 0 Å². The van der Waals surface area contributed by atoms with Crippen LogP contribution in [0.15, 0.2) is 30.2 Å². The molecular weight excluding hydrogens is 196 g/mol. The van der Waals surface area contributed by atoms with Crippen LogP contribution >= 0.6 is 11.3 Å². The number of hydrogen-bond acceptors (Lipinski definition) is 4. The van der Waals surface area contributed by atoms with Crippen molar-refractivity contribution >= 4 is 11.3 Å². The zero-order valence-electron chi connectivity index (χ0n) is 7.71. The van der Waals surface area contributed by atoms with Crippen molar-refractivity contribution in [1.82, 2.24) is 9.97 Å². The predicted octanol–water partition coefficient (Wildman–Crippen LogP) is 1.93. The Balaban J connectivity index is 2.32. The Bertz CT molecular complexity index is 414. The highest BCUT2D eigenvalue weighted by Gasteiger charge is 2.11. The first-order chi connectivity index (χ1) is 6.77. The lowest BCUT2D eigenvalue weighted by molar-refractivity contribution is 0.223. The number of nitrogens with zero attached hydrogens (tertiary/aromatic N) is 2. The maximum atomic E-state index is 9.94. The molecule has 0 radical (unpaired) electrons. The molecule has 0 amide bonds. The third-order valence-corrected chi connectivity index (χ3v) is 2.76. The van der Waals surface area contributed by atoms with Crippen molar-refractivity contribution in [2.75, 3.05) is 0 Å². The second kappa shape index (κ2) is 3.86. The summed E-state index contributed by atoms with van der Waals surface area (Å²) in [6.45, 7) is 1.95. The Morgan fingerprint density at radius 3 is 2.79 bits per heavy atom. The number of aromatic nitrogens is 2. The third-order valence-electron chi connectivity index (χ3n) is 1.93. The Morgan fingerprint density at radius 2 is 2.14 bits per heavy atom. The van der Waals surface area contributed by atoms with Crippen LogP contribution in [0.1, 0.15) is 22.1 Å². The molecule has 0 aliphatic carbocycles. The Labute approximate surface area is 86.1 Å². The van der Waals surface area contributed by atoms with E-state index in [1.807, 2.05) is 13.0 Å². The van der Waals surface area contributed by atoms with Crippen LogP contribution in [-0.2, 0) is 0 Å². The summed E-state index contributed by atoms with van der Waals surface area (Å²) >= 11 is 1.44. The van der Waals surface area contributed by atoms with Gasteiger partial charge >= 0.3 is 0 Å². The smallest absolute Gasteiger partial charge is 0.116 e. The SMILES string of the molecule is Cc1cncc(C(O)c2cncs2)c1. The van der Waals surface area contributed by atoms with Crippen molar-refractivity contribution in [3.63, 3.8) is 0 Å². The molecule has 0 aliphatic heterocycles. The second-order valence-electron chi connectivity index (χ2n) is 3.10. The second-order valence-corrected chi connectivity index (χ2v) is 4.02. The van der Waals surface area contributed by atoms with Gasteiger partial charge in [0.1, 0.15) is 6.10 Å². The number of aryl methyl sites for hydroxylation is 1. The van der Waals surface area contributed by atoms with Crippen LogP contribution in [-0.4, -0.2) is 15.1 Å². The van der Waals surface area contributed by atoms with Crippen LogP contribution < -0.4 is 0 Å². The van der Waals surface area contributed by atoms with Gasteiger partial charge < -0.3 is 5.11 Å². The molecule has 72 valence electrons. The van der Waals surface area contributed by atoms with E-state index in [4.69, 9.17) is 0 Å². The van der Waals surface area contributed by atoms with Crippen LogP contribution in [0.2, 0.25) is 0 Å². The van der Waals surface area contributed by atoms with Gasteiger partial charge in [-0.05, 0) is 12.5 Å². The van der Waals surface area contributed by atoms with E-state index >= 15 is 0 Å². The van der Waals surface area contributed by atoms with Crippen molar-refractivity contribution in [3.8, 4) is 0 Å². The first kappa shape index (κ1) is 9.30. The topological polar surface area (TPSA) is 46.0 Å². The van der Waals surface area contributed by atoms with Gasteiger partial charge in [0.25, 0.3) is 0 Å². The van der Waals surface area contributed by atoms with Crippen molar-refractivity contribution in [2.45, 2.75) is 13.0 Å². The molecular formula is C10H10N2OS. The summed E-state index contributed by atoms with van der Waals surface area (Å²) < 4.78 is 0. The third kappa shape index (κ3) is 1.81. The van der Waals surface area contributed by atoms with Gasteiger partial charge in [0, 0.05) is 24.2 Å². The van der Waals surface area contributed by atoms with Gasteiger partial charge in [-0.3, -0.25) is 9.97 Å². The summed E-state index contributed by atoms with van der Waals surface area (Å²) in [7, 11) is 0. The minimum absolute atomic E-state index is 0.602. The number of aliphatic hydroxyl groups excluding tert-OH is 1. The van der Waals surface area contributed by atoms with E-state index in [2.05, 4.69) is 9.97 Å².